The van der Waals surface area contributed by atoms with E-state index in [1.54, 1.807) is 24.3 Å². The highest BCUT2D eigenvalue weighted by Gasteiger charge is 2.29. The van der Waals surface area contributed by atoms with Crippen molar-refractivity contribution in [3.05, 3.63) is 62.2 Å². The molecule has 0 fully saturated rings. The Labute approximate surface area is 157 Å². The third kappa shape index (κ3) is 4.25. The van der Waals surface area contributed by atoms with Crippen LogP contribution in [0.1, 0.15) is 0 Å². The fourth-order valence-corrected chi connectivity index (χ4v) is 4.33. The number of nitro benzene ring substituents is 1. The number of non-ortho nitro benzene ring substituents is 1. The molecule has 0 saturated heterocycles. The van der Waals surface area contributed by atoms with Gasteiger partial charge in [-0.3, -0.25) is 19.2 Å². The molecular formula is C15H13IN2O6S. The number of rotatable bonds is 6. The first-order chi connectivity index (χ1) is 11.8. The monoisotopic (exact) mass is 476 g/mol. The zero-order chi connectivity index (χ0) is 18.6. The number of hydrogen-bond acceptors (Lipinski definition) is 6. The molecule has 0 bridgehead atoms. The van der Waals surface area contributed by atoms with Crippen molar-refractivity contribution in [3.8, 4) is 0 Å². The lowest BCUT2D eigenvalue weighted by atomic mass is 10.3. The molecule has 2 aromatic carbocycles. The first-order valence-electron chi connectivity index (χ1n) is 6.86. The van der Waals surface area contributed by atoms with E-state index in [9.17, 15) is 23.3 Å². The molecule has 10 heteroatoms. The van der Waals surface area contributed by atoms with Crippen LogP contribution in [0.3, 0.4) is 0 Å². The SMILES string of the molecule is COC(=O)CN(c1ccccc1I)S(=O)(=O)c1cccc([N+](=O)[O-])c1. The minimum absolute atomic E-state index is 0.278. The molecule has 0 N–H and O–H groups in total. The van der Waals surface area contributed by atoms with Crippen LogP contribution in [0.15, 0.2) is 53.4 Å². The molecule has 8 nitrogen and oxygen atoms in total. The highest BCUT2D eigenvalue weighted by atomic mass is 127. The predicted octanol–water partition coefficient (Wildman–Crippen LogP) is 2.57. The number of anilines is 1. The molecule has 0 atom stereocenters. The minimum atomic E-state index is -4.21. The fraction of sp³-hybridized carbons (Fsp3) is 0.133. The third-order valence-electron chi connectivity index (χ3n) is 3.24. The number of benzene rings is 2. The quantitative estimate of drug-likeness (QED) is 0.275. The lowest BCUT2D eigenvalue weighted by Gasteiger charge is -2.24. The zero-order valence-corrected chi connectivity index (χ0v) is 15.9. The molecule has 0 unspecified atom stereocenters. The number of carbonyl (C=O) groups excluding carboxylic acids is 1. The lowest BCUT2D eigenvalue weighted by Crippen LogP contribution is -2.36. The van der Waals surface area contributed by atoms with Crippen molar-refractivity contribution in [3.63, 3.8) is 0 Å². The second kappa shape index (κ2) is 7.78. The number of esters is 1. The Morgan fingerprint density at radius 1 is 1.24 bits per heavy atom. The number of halogens is 1. The van der Waals surface area contributed by atoms with Gasteiger partial charge in [0.2, 0.25) is 0 Å². The van der Waals surface area contributed by atoms with Crippen molar-refractivity contribution in [2.75, 3.05) is 18.0 Å². The van der Waals surface area contributed by atoms with E-state index in [2.05, 4.69) is 4.74 Å². The van der Waals surface area contributed by atoms with Crippen LogP contribution in [0.5, 0.6) is 0 Å². The summed E-state index contributed by atoms with van der Waals surface area (Å²) in [6.07, 6.45) is 0. The molecule has 0 aromatic heterocycles. The topological polar surface area (TPSA) is 107 Å². The summed E-state index contributed by atoms with van der Waals surface area (Å²) in [5, 5.41) is 10.9. The van der Waals surface area contributed by atoms with Crippen molar-refractivity contribution in [2.45, 2.75) is 4.90 Å². The van der Waals surface area contributed by atoms with Crippen molar-refractivity contribution >= 4 is 50.0 Å². The predicted molar refractivity (Wildman–Crippen MR) is 98.8 cm³/mol. The van der Waals surface area contributed by atoms with Gasteiger partial charge in [-0.15, -0.1) is 0 Å². The average molecular weight is 476 g/mol. The molecule has 0 heterocycles. The van der Waals surface area contributed by atoms with Gasteiger partial charge >= 0.3 is 5.97 Å². The Balaban J connectivity index is 2.59. The first-order valence-corrected chi connectivity index (χ1v) is 9.38. The average Bonchev–Trinajstić information content (AvgIpc) is 2.60. The van der Waals surface area contributed by atoms with Crippen LogP contribution in [0, 0.1) is 13.7 Å². The number of methoxy groups -OCH3 is 1. The van der Waals surface area contributed by atoms with E-state index in [0.717, 1.165) is 17.5 Å². The van der Waals surface area contributed by atoms with Gasteiger partial charge in [0, 0.05) is 15.7 Å². The summed E-state index contributed by atoms with van der Waals surface area (Å²) < 4.78 is 32.1. The molecule has 0 aliphatic rings. The van der Waals surface area contributed by atoms with Crippen LogP contribution >= 0.6 is 22.6 Å². The molecule has 2 rings (SSSR count). The summed E-state index contributed by atoms with van der Waals surface area (Å²) in [5.41, 5.74) is -0.0816. The smallest absolute Gasteiger partial charge is 0.326 e. The van der Waals surface area contributed by atoms with Gasteiger partial charge in [-0.05, 0) is 40.8 Å². The molecule has 0 radical (unpaired) electrons. The normalized spacial score (nSPS) is 11.0. The molecule has 0 saturated carbocycles. The standard InChI is InChI=1S/C15H13IN2O6S/c1-24-15(19)10-17(14-8-3-2-7-13(14)16)25(22,23)12-6-4-5-11(9-12)18(20)21/h2-9H,10H2,1H3. The van der Waals surface area contributed by atoms with Crippen LogP contribution in [-0.2, 0) is 19.6 Å². The summed E-state index contributed by atoms with van der Waals surface area (Å²) in [5.74, 6) is -0.756. The van der Waals surface area contributed by atoms with Crippen molar-refractivity contribution in [1.29, 1.82) is 0 Å². The van der Waals surface area contributed by atoms with Gasteiger partial charge in [0.05, 0.1) is 22.6 Å². The van der Waals surface area contributed by atoms with Crippen LogP contribution in [0.2, 0.25) is 0 Å². The molecule has 2 aromatic rings. The second-order valence-electron chi connectivity index (χ2n) is 4.79. The van der Waals surface area contributed by atoms with Gasteiger partial charge in [0.1, 0.15) is 6.54 Å². The summed E-state index contributed by atoms with van der Waals surface area (Å²) in [7, 11) is -3.07. The summed E-state index contributed by atoms with van der Waals surface area (Å²) >= 11 is 1.94. The number of hydrogen-bond donors (Lipinski definition) is 0. The second-order valence-corrected chi connectivity index (χ2v) is 7.82. The highest BCUT2D eigenvalue weighted by Crippen LogP contribution is 2.29. The van der Waals surface area contributed by atoms with Crippen LogP contribution < -0.4 is 4.31 Å². The van der Waals surface area contributed by atoms with Gasteiger partial charge < -0.3 is 4.74 Å². The van der Waals surface area contributed by atoms with Crippen molar-refractivity contribution in [2.24, 2.45) is 0 Å². The Kier molecular flexibility index (Phi) is 5.95. The number of para-hydroxylation sites is 1. The molecule has 0 spiro atoms. The fourth-order valence-electron chi connectivity index (χ4n) is 2.02. The van der Waals surface area contributed by atoms with E-state index in [-0.39, 0.29) is 16.3 Å². The molecule has 132 valence electrons. The van der Waals surface area contributed by atoms with E-state index in [0.29, 0.717) is 3.57 Å². The largest absolute Gasteiger partial charge is 0.468 e. The molecule has 0 aliphatic carbocycles. The minimum Gasteiger partial charge on any atom is -0.468 e. The maximum atomic E-state index is 13.0. The Hall–Kier alpha value is -2.21. The molecular weight excluding hydrogens is 463 g/mol. The van der Waals surface area contributed by atoms with Crippen LogP contribution in [0.4, 0.5) is 11.4 Å². The van der Waals surface area contributed by atoms with Gasteiger partial charge in [0.15, 0.2) is 0 Å². The third-order valence-corrected chi connectivity index (χ3v) is 5.91. The Morgan fingerprint density at radius 2 is 1.92 bits per heavy atom. The summed E-state index contributed by atoms with van der Waals surface area (Å²) in [6, 6.07) is 11.2. The van der Waals surface area contributed by atoms with Crippen molar-refractivity contribution < 1.29 is 22.9 Å². The summed E-state index contributed by atoms with van der Waals surface area (Å²) in [6.45, 7) is -0.554. The zero-order valence-electron chi connectivity index (χ0n) is 13.0. The highest BCUT2D eigenvalue weighted by molar-refractivity contribution is 14.1. The van der Waals surface area contributed by atoms with Crippen LogP contribution in [-0.4, -0.2) is 33.0 Å². The maximum absolute atomic E-state index is 13.0. The van der Waals surface area contributed by atoms with E-state index in [1.165, 1.54) is 18.2 Å². The number of nitro groups is 1. The molecule has 25 heavy (non-hydrogen) atoms. The van der Waals surface area contributed by atoms with E-state index in [1.807, 2.05) is 22.6 Å². The van der Waals surface area contributed by atoms with Gasteiger partial charge in [-0.1, -0.05) is 18.2 Å². The molecule has 0 amide bonds. The number of sulfonamides is 1. The van der Waals surface area contributed by atoms with E-state index >= 15 is 0 Å². The number of ether oxygens (including phenoxy) is 1. The Morgan fingerprint density at radius 3 is 2.52 bits per heavy atom. The van der Waals surface area contributed by atoms with Gasteiger partial charge in [0.25, 0.3) is 15.7 Å². The Bertz CT molecular complexity index is 916. The van der Waals surface area contributed by atoms with Crippen LogP contribution in [0.25, 0.3) is 0 Å². The van der Waals surface area contributed by atoms with E-state index in [4.69, 9.17) is 0 Å². The number of nitrogens with zero attached hydrogens (tertiary/aromatic N) is 2. The van der Waals surface area contributed by atoms with E-state index < -0.39 is 27.5 Å². The van der Waals surface area contributed by atoms with Gasteiger partial charge in [-0.2, -0.15) is 0 Å². The number of carbonyl (C=O) groups is 1. The summed E-state index contributed by atoms with van der Waals surface area (Å²) in [4.78, 5) is 21.7. The maximum Gasteiger partial charge on any atom is 0.326 e. The van der Waals surface area contributed by atoms with Gasteiger partial charge in [-0.25, -0.2) is 8.42 Å². The first kappa shape index (κ1) is 19.1. The lowest BCUT2D eigenvalue weighted by molar-refractivity contribution is -0.385. The van der Waals surface area contributed by atoms with Crippen molar-refractivity contribution in [1.82, 2.24) is 0 Å². The molecule has 0 aliphatic heterocycles.